The highest BCUT2D eigenvalue weighted by Crippen LogP contribution is 2.44. The van der Waals surface area contributed by atoms with Gasteiger partial charge in [0.05, 0.1) is 34.4 Å². The Morgan fingerprint density at radius 3 is 2.65 bits per heavy atom. The van der Waals surface area contributed by atoms with Crippen LogP contribution in [0.4, 0.5) is 17.6 Å². The number of nitrogens with zero attached hydrogens (tertiary/aromatic N) is 5. The van der Waals surface area contributed by atoms with Crippen molar-refractivity contribution in [3.8, 4) is 11.5 Å². The molecule has 2 atom stereocenters. The molecule has 0 N–H and O–H groups in total. The molecule has 2 aromatic heterocycles. The number of amides is 1. The Bertz CT molecular complexity index is 1180. The summed E-state index contributed by atoms with van der Waals surface area (Å²) in [7, 11) is 0. The third kappa shape index (κ3) is 3.16. The second-order valence-electron chi connectivity index (χ2n) is 7.48. The summed E-state index contributed by atoms with van der Waals surface area (Å²) < 4.78 is 54.7. The molecule has 1 unspecified atom stereocenters. The molecule has 2 bridgehead atoms. The van der Waals surface area contributed by atoms with Crippen LogP contribution in [0.15, 0.2) is 36.5 Å². The minimum atomic E-state index is -4.66. The maximum Gasteiger partial charge on any atom is 0.417 e. The van der Waals surface area contributed by atoms with Crippen LogP contribution in [0.3, 0.4) is 0 Å². The van der Waals surface area contributed by atoms with E-state index >= 15 is 0 Å². The van der Waals surface area contributed by atoms with Crippen LogP contribution in [0, 0.1) is 5.82 Å². The number of fused-ring (bicyclic) bond motifs is 4. The van der Waals surface area contributed by atoms with E-state index in [0.717, 1.165) is 12.3 Å². The van der Waals surface area contributed by atoms with Gasteiger partial charge in [0.15, 0.2) is 11.6 Å². The van der Waals surface area contributed by atoms with Gasteiger partial charge in [-0.3, -0.25) is 4.79 Å². The largest absolute Gasteiger partial charge is 0.417 e. The zero-order valence-corrected chi connectivity index (χ0v) is 16.5. The lowest BCUT2D eigenvalue weighted by atomic mass is 10.1. The second kappa shape index (κ2) is 7.01. The minimum Gasteiger partial charge on any atom is -0.324 e. The molecular formula is C20H14ClF4N5O. The topological polar surface area (TPSA) is 63.9 Å². The van der Waals surface area contributed by atoms with Crippen molar-refractivity contribution in [2.24, 2.45) is 0 Å². The normalized spacial score (nSPS) is 20.1. The molecular weight excluding hydrogens is 438 g/mol. The second-order valence-corrected chi connectivity index (χ2v) is 7.86. The van der Waals surface area contributed by atoms with Gasteiger partial charge in [-0.1, -0.05) is 17.7 Å². The van der Waals surface area contributed by atoms with Crippen molar-refractivity contribution in [2.45, 2.75) is 37.6 Å². The van der Waals surface area contributed by atoms with Crippen molar-refractivity contribution in [3.63, 3.8) is 0 Å². The van der Waals surface area contributed by atoms with Crippen LogP contribution in [0.1, 0.15) is 40.6 Å². The van der Waals surface area contributed by atoms with E-state index in [-0.39, 0.29) is 11.6 Å². The maximum atomic E-state index is 13.2. The number of benzene rings is 1. The van der Waals surface area contributed by atoms with Crippen LogP contribution in [0.25, 0.3) is 11.5 Å². The van der Waals surface area contributed by atoms with E-state index in [1.165, 1.54) is 24.3 Å². The first kappa shape index (κ1) is 19.9. The maximum absolute atomic E-state index is 13.2. The number of aromatic nitrogens is 4. The summed E-state index contributed by atoms with van der Waals surface area (Å²) in [6.45, 7) is 0.357. The van der Waals surface area contributed by atoms with Crippen molar-refractivity contribution in [3.05, 3.63) is 64.3 Å². The molecule has 0 aliphatic carbocycles. The molecule has 31 heavy (non-hydrogen) atoms. The molecule has 6 nitrogen and oxygen atoms in total. The molecule has 4 heterocycles. The molecule has 0 radical (unpaired) electrons. The molecule has 160 valence electrons. The number of hydrogen-bond donors (Lipinski definition) is 0. The number of carbonyl (C=O) groups excluding carboxylic acids is 1. The van der Waals surface area contributed by atoms with Crippen LogP contribution in [-0.2, 0) is 12.7 Å². The molecule has 2 aliphatic heterocycles. The van der Waals surface area contributed by atoms with Crippen LogP contribution in [0.5, 0.6) is 0 Å². The minimum absolute atomic E-state index is 0.193. The number of halogens is 5. The highest BCUT2D eigenvalue weighted by atomic mass is 35.5. The number of pyridine rings is 1. The van der Waals surface area contributed by atoms with Gasteiger partial charge in [0.1, 0.15) is 11.5 Å². The van der Waals surface area contributed by atoms with Crippen LogP contribution in [0.2, 0.25) is 5.02 Å². The van der Waals surface area contributed by atoms with Gasteiger partial charge < -0.3 is 9.47 Å². The van der Waals surface area contributed by atoms with Gasteiger partial charge >= 0.3 is 6.18 Å². The summed E-state index contributed by atoms with van der Waals surface area (Å²) in [6, 6.07) is 5.38. The van der Waals surface area contributed by atoms with Gasteiger partial charge in [-0.05, 0) is 37.1 Å². The summed E-state index contributed by atoms with van der Waals surface area (Å²) in [6.07, 6.45) is -2.32. The third-order valence-electron chi connectivity index (χ3n) is 5.70. The van der Waals surface area contributed by atoms with Crippen molar-refractivity contribution < 1.29 is 22.4 Å². The summed E-state index contributed by atoms with van der Waals surface area (Å²) in [5.74, 6) is -0.0707. The lowest BCUT2D eigenvalue weighted by molar-refractivity contribution is -0.137. The lowest BCUT2D eigenvalue weighted by Crippen LogP contribution is -2.44. The average molecular weight is 452 g/mol. The monoisotopic (exact) mass is 451 g/mol. The first-order valence-electron chi connectivity index (χ1n) is 9.49. The van der Waals surface area contributed by atoms with Gasteiger partial charge in [-0.2, -0.15) is 13.2 Å². The molecule has 1 saturated heterocycles. The van der Waals surface area contributed by atoms with E-state index in [0.29, 0.717) is 36.7 Å². The standard InChI is InChI=1S/C20H14ClF4N5O/c21-16-12(2-1-3-13(16)20(23,24)25)19(31)30-11-5-7-15(30)18-28-27-17(29(18)9-11)14-6-4-10(22)8-26-14/h1-4,6,8,11,15H,5,7,9H2/t11-,15?/m0/s1. The molecule has 0 saturated carbocycles. The Kier molecular flexibility index (Phi) is 4.51. The first-order chi connectivity index (χ1) is 14.8. The Hall–Kier alpha value is -3.01. The molecule has 11 heteroatoms. The zero-order chi connectivity index (χ0) is 21.9. The van der Waals surface area contributed by atoms with Crippen LogP contribution in [-0.4, -0.2) is 36.6 Å². The highest BCUT2D eigenvalue weighted by Gasteiger charge is 2.46. The van der Waals surface area contributed by atoms with Crippen molar-refractivity contribution in [1.82, 2.24) is 24.6 Å². The van der Waals surface area contributed by atoms with Gasteiger partial charge in [-0.15, -0.1) is 10.2 Å². The Labute approximate surface area is 178 Å². The third-order valence-corrected chi connectivity index (χ3v) is 6.11. The van der Waals surface area contributed by atoms with E-state index in [2.05, 4.69) is 15.2 Å². The number of rotatable bonds is 2. The molecule has 1 aromatic carbocycles. The fraction of sp³-hybridized carbons (Fsp3) is 0.300. The van der Waals surface area contributed by atoms with E-state index in [4.69, 9.17) is 11.6 Å². The molecule has 5 rings (SSSR count). The van der Waals surface area contributed by atoms with Gasteiger partial charge in [0.2, 0.25) is 0 Å². The summed E-state index contributed by atoms with van der Waals surface area (Å²) in [4.78, 5) is 18.8. The first-order valence-corrected chi connectivity index (χ1v) is 9.87. The van der Waals surface area contributed by atoms with Crippen LogP contribution >= 0.6 is 11.6 Å². The summed E-state index contributed by atoms with van der Waals surface area (Å²) in [5.41, 5.74) is -0.792. The fourth-order valence-electron chi connectivity index (χ4n) is 4.33. The predicted octanol–water partition coefficient (Wildman–Crippen LogP) is 4.51. The van der Waals surface area contributed by atoms with Crippen LogP contribution < -0.4 is 0 Å². The summed E-state index contributed by atoms with van der Waals surface area (Å²) >= 11 is 5.98. The van der Waals surface area contributed by atoms with Gasteiger partial charge in [0.25, 0.3) is 5.91 Å². The Balaban J connectivity index is 1.51. The zero-order valence-electron chi connectivity index (χ0n) is 15.8. The number of carbonyl (C=O) groups is 1. The van der Waals surface area contributed by atoms with Gasteiger partial charge in [-0.25, -0.2) is 9.37 Å². The van der Waals surface area contributed by atoms with E-state index in [1.54, 1.807) is 4.90 Å². The Morgan fingerprint density at radius 1 is 1.13 bits per heavy atom. The quantitative estimate of drug-likeness (QED) is 0.538. The SMILES string of the molecule is O=C(c1cccc(C(F)(F)F)c1Cl)N1C2CC[C@H]1Cn1c(-c3ccc(F)cn3)nnc12. The Morgan fingerprint density at radius 2 is 1.94 bits per heavy atom. The highest BCUT2D eigenvalue weighted by molar-refractivity contribution is 6.34. The molecule has 1 amide bonds. The average Bonchev–Trinajstić information content (AvgIpc) is 3.28. The lowest BCUT2D eigenvalue weighted by Gasteiger charge is -2.35. The van der Waals surface area contributed by atoms with E-state index in [1.807, 2.05) is 4.57 Å². The molecule has 0 spiro atoms. The smallest absolute Gasteiger partial charge is 0.324 e. The van der Waals surface area contributed by atoms with Crippen molar-refractivity contribution >= 4 is 17.5 Å². The van der Waals surface area contributed by atoms with E-state index < -0.39 is 34.5 Å². The predicted molar refractivity (Wildman–Crippen MR) is 102 cm³/mol. The number of alkyl halides is 3. The molecule has 2 aliphatic rings. The van der Waals surface area contributed by atoms with E-state index in [9.17, 15) is 22.4 Å². The fourth-order valence-corrected chi connectivity index (χ4v) is 4.64. The van der Waals surface area contributed by atoms with Gasteiger partial charge in [0, 0.05) is 6.54 Å². The number of hydrogen-bond acceptors (Lipinski definition) is 4. The molecule has 1 fully saturated rings. The summed E-state index contributed by atoms with van der Waals surface area (Å²) in [5, 5.41) is 7.77. The van der Waals surface area contributed by atoms with Crippen molar-refractivity contribution in [2.75, 3.05) is 0 Å². The molecule has 3 aromatic rings. The van der Waals surface area contributed by atoms with Crippen molar-refractivity contribution in [1.29, 1.82) is 0 Å².